The van der Waals surface area contributed by atoms with Gasteiger partial charge in [0.05, 0.1) is 12.4 Å². The molecule has 27 heavy (non-hydrogen) atoms. The van der Waals surface area contributed by atoms with E-state index in [9.17, 15) is 9.59 Å². The predicted molar refractivity (Wildman–Crippen MR) is 100 cm³/mol. The maximum absolute atomic E-state index is 12.4. The molecule has 0 N–H and O–H groups in total. The first-order chi connectivity index (χ1) is 13.1. The maximum atomic E-state index is 12.4. The first kappa shape index (κ1) is 19.2. The van der Waals surface area contributed by atoms with Crippen LogP contribution in [0, 0.1) is 6.92 Å². The quantitative estimate of drug-likeness (QED) is 0.725. The molecule has 8 nitrogen and oxygen atoms in total. The van der Waals surface area contributed by atoms with Crippen molar-refractivity contribution in [2.45, 2.75) is 19.1 Å². The molecule has 0 atom stereocenters. The summed E-state index contributed by atoms with van der Waals surface area (Å²) in [6.07, 6.45) is -0.325. The molecule has 2 heterocycles. The zero-order valence-corrected chi connectivity index (χ0v) is 16.2. The van der Waals surface area contributed by atoms with Crippen LogP contribution in [0.3, 0.4) is 0 Å². The summed E-state index contributed by atoms with van der Waals surface area (Å²) in [5.74, 6) is 0.652. The zero-order chi connectivity index (χ0) is 19.2. The van der Waals surface area contributed by atoms with Gasteiger partial charge in [0.15, 0.2) is 0 Å². The summed E-state index contributed by atoms with van der Waals surface area (Å²) in [6, 6.07) is 7.77. The molecular formula is C18H22N4O4S. The van der Waals surface area contributed by atoms with Crippen molar-refractivity contribution in [3.63, 3.8) is 0 Å². The molecule has 1 aliphatic rings. The number of nitrogens with zero attached hydrogens (tertiary/aromatic N) is 4. The van der Waals surface area contributed by atoms with Gasteiger partial charge >= 0.3 is 6.09 Å². The Morgan fingerprint density at radius 3 is 2.56 bits per heavy atom. The molecule has 3 rings (SSSR count). The Labute approximate surface area is 161 Å². The first-order valence-electron chi connectivity index (χ1n) is 8.80. The molecule has 2 amide bonds. The molecular weight excluding hydrogens is 368 g/mol. The van der Waals surface area contributed by atoms with Crippen molar-refractivity contribution in [3.05, 3.63) is 29.8 Å². The Balaban J connectivity index is 1.49. The van der Waals surface area contributed by atoms with E-state index in [1.807, 2.05) is 31.2 Å². The highest BCUT2D eigenvalue weighted by atomic mass is 32.2. The van der Waals surface area contributed by atoms with E-state index in [0.717, 1.165) is 11.1 Å². The molecule has 1 fully saturated rings. The van der Waals surface area contributed by atoms with Crippen LogP contribution >= 0.6 is 11.8 Å². The van der Waals surface area contributed by atoms with Gasteiger partial charge in [-0.05, 0) is 25.5 Å². The number of hydrogen-bond donors (Lipinski definition) is 0. The van der Waals surface area contributed by atoms with E-state index in [1.54, 1.807) is 16.7 Å². The second-order valence-corrected chi connectivity index (χ2v) is 6.97. The maximum Gasteiger partial charge on any atom is 0.409 e. The van der Waals surface area contributed by atoms with Crippen LogP contribution < -0.4 is 0 Å². The summed E-state index contributed by atoms with van der Waals surface area (Å²) < 4.78 is 10.6. The van der Waals surface area contributed by atoms with Gasteiger partial charge in [0, 0.05) is 31.7 Å². The first-order valence-corrected chi connectivity index (χ1v) is 9.79. The molecule has 0 spiro atoms. The monoisotopic (exact) mass is 390 g/mol. The third-order valence-corrected chi connectivity index (χ3v) is 5.06. The molecule has 2 aromatic rings. The molecule has 1 aliphatic heterocycles. The number of carbonyl (C=O) groups excluding carboxylic acids is 2. The zero-order valence-electron chi connectivity index (χ0n) is 15.4. The van der Waals surface area contributed by atoms with Crippen LogP contribution in [-0.4, -0.2) is 70.5 Å². The minimum absolute atomic E-state index is 0.0147. The van der Waals surface area contributed by atoms with Crippen LogP contribution in [0.15, 0.2) is 33.9 Å². The van der Waals surface area contributed by atoms with Crippen molar-refractivity contribution in [3.8, 4) is 11.5 Å². The molecule has 144 valence electrons. The molecule has 1 saturated heterocycles. The second kappa shape index (κ2) is 8.90. The lowest BCUT2D eigenvalue weighted by Gasteiger charge is -2.33. The van der Waals surface area contributed by atoms with E-state index in [0.29, 0.717) is 43.9 Å². The molecule has 0 saturated carbocycles. The van der Waals surface area contributed by atoms with E-state index in [2.05, 4.69) is 10.2 Å². The van der Waals surface area contributed by atoms with Gasteiger partial charge in [-0.25, -0.2) is 4.79 Å². The van der Waals surface area contributed by atoms with Crippen molar-refractivity contribution in [1.29, 1.82) is 0 Å². The van der Waals surface area contributed by atoms with Gasteiger partial charge in [-0.15, -0.1) is 10.2 Å². The normalized spacial score (nSPS) is 14.3. The van der Waals surface area contributed by atoms with E-state index in [1.165, 1.54) is 11.8 Å². The Bertz CT molecular complexity index is 802. The molecule has 0 unspecified atom stereocenters. The Morgan fingerprint density at radius 1 is 1.15 bits per heavy atom. The van der Waals surface area contributed by atoms with E-state index >= 15 is 0 Å². The third-order valence-electron chi connectivity index (χ3n) is 4.26. The SMILES string of the molecule is CCOC(=O)N1CCN(C(=O)CSc2nnc(-c3ccccc3C)o2)CC1. The number of aromatic nitrogens is 2. The largest absolute Gasteiger partial charge is 0.450 e. The van der Waals surface area contributed by atoms with Gasteiger partial charge in [0.2, 0.25) is 11.8 Å². The van der Waals surface area contributed by atoms with Crippen LogP contribution in [0.1, 0.15) is 12.5 Å². The number of amides is 2. The fourth-order valence-electron chi connectivity index (χ4n) is 2.76. The summed E-state index contributed by atoms with van der Waals surface area (Å²) in [5, 5.41) is 8.44. The number of rotatable bonds is 5. The number of thioether (sulfide) groups is 1. The van der Waals surface area contributed by atoms with Gasteiger partial charge in [-0.3, -0.25) is 4.79 Å². The van der Waals surface area contributed by atoms with Crippen molar-refractivity contribution >= 4 is 23.8 Å². The summed E-state index contributed by atoms with van der Waals surface area (Å²) in [4.78, 5) is 27.4. The smallest absolute Gasteiger partial charge is 0.409 e. The molecule has 9 heteroatoms. The number of carbonyl (C=O) groups is 2. The molecule has 0 aliphatic carbocycles. The highest BCUT2D eigenvalue weighted by molar-refractivity contribution is 7.99. The minimum Gasteiger partial charge on any atom is -0.450 e. The van der Waals surface area contributed by atoms with Gasteiger partial charge in [-0.2, -0.15) is 0 Å². The van der Waals surface area contributed by atoms with Gasteiger partial charge in [0.1, 0.15) is 0 Å². The number of hydrogen-bond acceptors (Lipinski definition) is 7. The minimum atomic E-state index is -0.325. The average molecular weight is 390 g/mol. The number of ether oxygens (including phenoxy) is 1. The summed E-state index contributed by atoms with van der Waals surface area (Å²) >= 11 is 1.22. The fourth-order valence-corrected chi connectivity index (χ4v) is 3.42. The Hall–Kier alpha value is -2.55. The average Bonchev–Trinajstić information content (AvgIpc) is 3.15. The van der Waals surface area contributed by atoms with Crippen LogP contribution in [0.5, 0.6) is 0 Å². The van der Waals surface area contributed by atoms with E-state index < -0.39 is 0 Å². The van der Waals surface area contributed by atoms with Gasteiger partial charge in [0.25, 0.3) is 5.22 Å². The Kier molecular flexibility index (Phi) is 6.33. The molecule has 1 aromatic carbocycles. The Morgan fingerprint density at radius 2 is 1.85 bits per heavy atom. The van der Waals surface area contributed by atoms with Gasteiger partial charge in [-0.1, -0.05) is 30.0 Å². The number of aryl methyl sites for hydroxylation is 1. The van der Waals surface area contributed by atoms with E-state index in [4.69, 9.17) is 9.15 Å². The van der Waals surface area contributed by atoms with Crippen LogP contribution in [0.2, 0.25) is 0 Å². The number of benzene rings is 1. The summed E-state index contributed by atoms with van der Waals surface area (Å²) in [5.41, 5.74) is 1.94. The molecule has 0 radical (unpaired) electrons. The molecule has 0 bridgehead atoms. The predicted octanol–water partition coefficient (Wildman–Crippen LogP) is 2.44. The fraction of sp³-hybridized carbons (Fsp3) is 0.444. The second-order valence-electron chi connectivity index (χ2n) is 6.04. The van der Waals surface area contributed by atoms with Crippen molar-refractivity contribution in [1.82, 2.24) is 20.0 Å². The lowest BCUT2D eigenvalue weighted by atomic mass is 10.1. The van der Waals surface area contributed by atoms with Gasteiger partial charge < -0.3 is 19.0 Å². The van der Waals surface area contributed by atoms with Crippen molar-refractivity contribution < 1.29 is 18.7 Å². The van der Waals surface area contributed by atoms with E-state index in [-0.39, 0.29) is 17.8 Å². The lowest BCUT2D eigenvalue weighted by Crippen LogP contribution is -2.51. The topological polar surface area (TPSA) is 88.8 Å². The highest BCUT2D eigenvalue weighted by Crippen LogP contribution is 2.25. The highest BCUT2D eigenvalue weighted by Gasteiger charge is 2.25. The lowest BCUT2D eigenvalue weighted by molar-refractivity contribution is -0.129. The van der Waals surface area contributed by atoms with Crippen LogP contribution in [0.4, 0.5) is 4.79 Å². The van der Waals surface area contributed by atoms with Crippen molar-refractivity contribution in [2.75, 3.05) is 38.5 Å². The van der Waals surface area contributed by atoms with Crippen LogP contribution in [-0.2, 0) is 9.53 Å². The molecule has 1 aromatic heterocycles. The number of piperazine rings is 1. The third kappa shape index (κ3) is 4.79. The van der Waals surface area contributed by atoms with Crippen molar-refractivity contribution in [2.24, 2.45) is 0 Å². The summed E-state index contributed by atoms with van der Waals surface area (Å²) in [7, 11) is 0. The summed E-state index contributed by atoms with van der Waals surface area (Å²) in [6.45, 7) is 6.06. The van der Waals surface area contributed by atoms with Crippen LogP contribution in [0.25, 0.3) is 11.5 Å². The standard InChI is InChI=1S/C18H22N4O4S/c1-3-25-18(24)22-10-8-21(9-11-22)15(23)12-27-17-20-19-16(26-17)14-7-5-4-6-13(14)2/h4-7H,3,8-12H2,1-2H3.